The van der Waals surface area contributed by atoms with Gasteiger partial charge in [-0.1, -0.05) is 151 Å². The van der Waals surface area contributed by atoms with Crippen molar-refractivity contribution in [2.75, 3.05) is 0 Å². The number of para-hydroxylation sites is 1. The van der Waals surface area contributed by atoms with Gasteiger partial charge in [0.25, 0.3) is 0 Å². The van der Waals surface area contributed by atoms with Crippen molar-refractivity contribution in [2.45, 2.75) is 30.1 Å². The Bertz CT molecular complexity index is 3000. The Morgan fingerprint density at radius 3 is 2.02 bits per heavy atom. The third-order valence-corrected chi connectivity index (χ3v) is 13.8. The predicted molar refractivity (Wildman–Crippen MR) is 230 cm³/mol. The van der Waals surface area contributed by atoms with Gasteiger partial charge in [-0.2, -0.15) is 0 Å². The van der Waals surface area contributed by atoms with Crippen LogP contribution in [0.25, 0.3) is 65.4 Å². The van der Waals surface area contributed by atoms with Gasteiger partial charge in [-0.05, 0) is 114 Å². The number of fused-ring (bicyclic) bond motifs is 11. The molecule has 3 atom stereocenters. The van der Waals surface area contributed by atoms with Crippen LogP contribution in [0.5, 0.6) is 0 Å². The normalized spacial score (nSPS) is 21.6. The van der Waals surface area contributed by atoms with Crippen molar-refractivity contribution in [3.05, 3.63) is 197 Å². The minimum Gasteiger partial charge on any atom is -0.455 e. The minimum absolute atomic E-state index is 0.291. The molecule has 0 fully saturated rings. The summed E-state index contributed by atoms with van der Waals surface area (Å²) in [6.45, 7) is 0. The molecule has 1 aliphatic heterocycles. The molecule has 7 aromatic rings. The van der Waals surface area contributed by atoms with Crippen LogP contribution in [-0.4, -0.2) is 0 Å². The van der Waals surface area contributed by atoms with Gasteiger partial charge in [0.05, 0.1) is 0 Å². The fraction of sp³-hybridized carbons (Fsp3) is 0.115. The number of hydrogen-bond acceptors (Lipinski definition) is 2. The van der Waals surface area contributed by atoms with Crippen molar-refractivity contribution in [3.8, 4) is 0 Å². The topological polar surface area (TPSA) is 13.1 Å². The highest BCUT2D eigenvalue weighted by Crippen LogP contribution is 2.57. The molecular formula is C52H36OS. The molecule has 0 amide bonds. The summed E-state index contributed by atoms with van der Waals surface area (Å²) in [4.78, 5) is 2.81. The first kappa shape index (κ1) is 30.6. The number of furan rings is 1. The molecule has 0 N–H and O–H groups in total. The summed E-state index contributed by atoms with van der Waals surface area (Å²) < 4.78 is 6.53. The maximum atomic E-state index is 6.53. The summed E-state index contributed by atoms with van der Waals surface area (Å²) in [7, 11) is 0. The van der Waals surface area contributed by atoms with Gasteiger partial charge in [-0.15, -0.1) is 0 Å². The van der Waals surface area contributed by atoms with Crippen molar-refractivity contribution in [1.29, 1.82) is 0 Å². The van der Waals surface area contributed by atoms with Crippen LogP contribution in [0.1, 0.15) is 41.9 Å². The Morgan fingerprint density at radius 1 is 0.556 bits per heavy atom. The van der Waals surface area contributed by atoms with E-state index in [9.17, 15) is 0 Å². The molecule has 54 heavy (non-hydrogen) atoms. The Balaban J connectivity index is 1.01. The second kappa shape index (κ2) is 11.8. The third kappa shape index (κ3) is 4.47. The molecule has 1 nitrogen and oxygen atoms in total. The fourth-order valence-corrected chi connectivity index (χ4v) is 11.3. The average Bonchev–Trinajstić information content (AvgIpc) is 3.80. The van der Waals surface area contributed by atoms with Gasteiger partial charge >= 0.3 is 0 Å². The van der Waals surface area contributed by atoms with E-state index in [1.807, 2.05) is 11.8 Å². The number of thioether (sulfide) groups is 1. The molecule has 1 aromatic heterocycles. The first-order valence-corrected chi connectivity index (χ1v) is 20.1. The van der Waals surface area contributed by atoms with E-state index < -0.39 is 0 Å². The number of hydrogen-bond donors (Lipinski definition) is 0. The van der Waals surface area contributed by atoms with Crippen LogP contribution in [0.15, 0.2) is 189 Å². The zero-order chi connectivity index (χ0) is 35.3. The van der Waals surface area contributed by atoms with Crippen molar-refractivity contribution in [3.63, 3.8) is 0 Å². The Labute approximate surface area is 318 Å². The second-order valence-electron chi connectivity index (χ2n) is 15.3. The molecule has 0 spiro atoms. The van der Waals surface area contributed by atoms with Crippen LogP contribution in [0.2, 0.25) is 0 Å². The zero-order valence-electron chi connectivity index (χ0n) is 29.8. The van der Waals surface area contributed by atoms with Crippen LogP contribution in [-0.2, 0) is 0 Å². The quantitative estimate of drug-likeness (QED) is 0.170. The molecule has 4 aliphatic carbocycles. The van der Waals surface area contributed by atoms with E-state index in [2.05, 4.69) is 164 Å². The largest absolute Gasteiger partial charge is 0.455 e. The summed E-state index contributed by atoms with van der Waals surface area (Å²) in [6, 6.07) is 36.1. The van der Waals surface area contributed by atoms with E-state index in [-0.39, 0.29) is 0 Å². The lowest BCUT2D eigenvalue weighted by molar-refractivity contribution is 0.639. The van der Waals surface area contributed by atoms with Crippen molar-refractivity contribution >= 4 is 77.2 Å². The lowest BCUT2D eigenvalue weighted by Gasteiger charge is -2.34. The summed E-state index contributed by atoms with van der Waals surface area (Å²) >= 11 is 1.95. The van der Waals surface area contributed by atoms with Gasteiger partial charge in [0, 0.05) is 38.8 Å². The summed E-state index contributed by atoms with van der Waals surface area (Å²) in [5, 5.41) is 10.2. The predicted octanol–water partition coefficient (Wildman–Crippen LogP) is 14.6. The third-order valence-electron chi connectivity index (χ3n) is 12.5. The summed E-state index contributed by atoms with van der Waals surface area (Å²) in [6.07, 6.45) is 29.1. The number of benzene rings is 6. The van der Waals surface area contributed by atoms with E-state index in [1.165, 1.54) is 91.9 Å². The molecule has 0 bridgehead atoms. The molecule has 12 rings (SSSR count). The van der Waals surface area contributed by atoms with E-state index in [0.717, 1.165) is 30.4 Å². The number of allylic oxidation sites excluding steroid dienone is 16. The smallest absolute Gasteiger partial charge is 0.143 e. The zero-order valence-corrected chi connectivity index (χ0v) is 30.6. The molecule has 0 radical (unpaired) electrons. The van der Waals surface area contributed by atoms with E-state index >= 15 is 0 Å². The molecule has 2 heteroatoms. The first-order chi connectivity index (χ1) is 26.8. The Kier molecular flexibility index (Phi) is 6.71. The Hall–Kier alpha value is -5.83. The van der Waals surface area contributed by atoms with Crippen molar-refractivity contribution in [2.24, 2.45) is 11.8 Å². The maximum Gasteiger partial charge on any atom is 0.143 e. The number of rotatable bonds is 3. The van der Waals surface area contributed by atoms with Crippen molar-refractivity contribution < 1.29 is 4.42 Å². The van der Waals surface area contributed by atoms with Gasteiger partial charge in [-0.25, -0.2) is 0 Å². The molecule has 6 aromatic carbocycles. The van der Waals surface area contributed by atoms with Gasteiger partial charge < -0.3 is 4.42 Å². The highest BCUT2D eigenvalue weighted by Gasteiger charge is 2.35. The van der Waals surface area contributed by atoms with E-state index in [1.54, 1.807) is 0 Å². The monoisotopic (exact) mass is 708 g/mol. The van der Waals surface area contributed by atoms with E-state index in [4.69, 9.17) is 4.42 Å². The maximum absolute atomic E-state index is 6.53. The average molecular weight is 709 g/mol. The van der Waals surface area contributed by atoms with Gasteiger partial charge in [0.1, 0.15) is 11.2 Å². The Morgan fingerprint density at radius 2 is 1.26 bits per heavy atom. The summed E-state index contributed by atoms with van der Waals surface area (Å²) in [5.74, 6) is 0.949. The molecule has 0 saturated heterocycles. The molecule has 0 saturated carbocycles. The van der Waals surface area contributed by atoms with Crippen LogP contribution in [0.4, 0.5) is 0 Å². The van der Waals surface area contributed by atoms with Gasteiger partial charge in [0.15, 0.2) is 0 Å². The standard InChI is InChI=1S/C52H36OS/c1-2-12-31(13-3-1)34-25-26-42(36-15-5-4-14-35(34)36)51-40-19-8-6-17-38(40)50(39-18-7-9-20-41(39)51)33-23-27-48-45(28-33)46-30-44-32(29-49(46)54-48)22-24-43-37-16-10-11-21-47(37)53-52(43)44/h1-2,4-12,14-27,29-30,35-36,45H,3,13,28H2. The molecule has 3 unspecified atom stereocenters. The fourth-order valence-electron chi connectivity index (χ4n) is 10.1. The molecular weight excluding hydrogens is 673 g/mol. The highest BCUT2D eigenvalue weighted by molar-refractivity contribution is 8.03. The van der Waals surface area contributed by atoms with Crippen LogP contribution >= 0.6 is 11.8 Å². The van der Waals surface area contributed by atoms with Crippen LogP contribution < -0.4 is 0 Å². The van der Waals surface area contributed by atoms with Crippen LogP contribution in [0.3, 0.4) is 0 Å². The van der Waals surface area contributed by atoms with Gasteiger partial charge in [-0.3, -0.25) is 0 Å². The molecule has 2 heterocycles. The lowest BCUT2D eigenvalue weighted by Crippen LogP contribution is -2.21. The minimum atomic E-state index is 0.291. The molecule has 5 aliphatic rings. The first-order valence-electron chi connectivity index (χ1n) is 19.3. The second-order valence-corrected chi connectivity index (χ2v) is 16.5. The van der Waals surface area contributed by atoms with Crippen molar-refractivity contribution in [1.82, 2.24) is 0 Å². The van der Waals surface area contributed by atoms with E-state index in [0.29, 0.717) is 17.8 Å². The van der Waals surface area contributed by atoms with Gasteiger partial charge in [0.2, 0.25) is 0 Å². The lowest BCUT2D eigenvalue weighted by atomic mass is 9.69. The van der Waals surface area contributed by atoms with Crippen LogP contribution in [0, 0.1) is 11.8 Å². The highest BCUT2D eigenvalue weighted by atomic mass is 32.2. The SMILES string of the molecule is C1=CCCC(C2=CC=C(c3c4ccccc4c(C4=CC=C5Sc6cc7ccc8c9ccccc9oc8c7cc6C5C4)c4ccccc34)C3C=CC=CC23)=C1. The molecule has 256 valence electrons. The summed E-state index contributed by atoms with van der Waals surface area (Å²) in [5.41, 5.74) is 11.9.